The van der Waals surface area contributed by atoms with Crippen molar-refractivity contribution in [1.82, 2.24) is 4.98 Å². The Bertz CT molecular complexity index is 497. The van der Waals surface area contributed by atoms with Crippen LogP contribution in [-0.2, 0) is 4.79 Å². The van der Waals surface area contributed by atoms with Crippen molar-refractivity contribution in [2.24, 2.45) is 5.73 Å². The molecule has 0 unspecified atom stereocenters. The van der Waals surface area contributed by atoms with Crippen LogP contribution in [0.25, 0.3) is 10.8 Å². The van der Waals surface area contributed by atoms with E-state index < -0.39 is 5.91 Å². The molecule has 4 nitrogen and oxygen atoms in total. The maximum Gasteiger partial charge on any atom is 0.255 e. The van der Waals surface area contributed by atoms with Gasteiger partial charge in [-0.15, -0.1) is 0 Å². The molecule has 0 saturated carbocycles. The van der Waals surface area contributed by atoms with Gasteiger partial charge in [0.05, 0.1) is 0 Å². The van der Waals surface area contributed by atoms with E-state index in [1.165, 1.54) is 0 Å². The maximum atomic E-state index is 10.5. The summed E-state index contributed by atoms with van der Waals surface area (Å²) in [6.45, 7) is -0.101. The lowest BCUT2D eigenvalue weighted by atomic mass is 10.2. The molecule has 1 amide bonds. The second-order valence-corrected chi connectivity index (χ2v) is 3.14. The monoisotopic (exact) mass is 202 g/mol. The molecule has 0 fully saturated rings. The van der Waals surface area contributed by atoms with E-state index in [4.69, 9.17) is 10.5 Å². The van der Waals surface area contributed by atoms with Gasteiger partial charge in [0, 0.05) is 17.8 Å². The quantitative estimate of drug-likeness (QED) is 0.810. The molecule has 0 aliphatic rings. The van der Waals surface area contributed by atoms with E-state index >= 15 is 0 Å². The zero-order valence-electron chi connectivity index (χ0n) is 8.01. The molecule has 0 aliphatic heterocycles. The minimum Gasteiger partial charge on any atom is -0.484 e. The molecule has 2 rings (SSSR count). The van der Waals surface area contributed by atoms with E-state index in [1.807, 2.05) is 18.2 Å². The number of nitrogens with zero attached hydrogens (tertiary/aromatic N) is 1. The number of carbonyl (C=O) groups excluding carboxylic acids is 1. The second kappa shape index (κ2) is 3.96. The minimum atomic E-state index is -0.482. The van der Waals surface area contributed by atoms with Crippen molar-refractivity contribution >= 4 is 16.7 Å². The number of ether oxygens (including phenoxy) is 1. The van der Waals surface area contributed by atoms with Crippen LogP contribution in [0.15, 0.2) is 36.7 Å². The van der Waals surface area contributed by atoms with Crippen LogP contribution in [0.2, 0.25) is 0 Å². The van der Waals surface area contributed by atoms with Crippen LogP contribution in [0, 0.1) is 0 Å². The van der Waals surface area contributed by atoms with Gasteiger partial charge < -0.3 is 10.5 Å². The standard InChI is InChI=1S/C11H10N2O2/c12-11(14)7-15-10-2-1-9-6-13-4-3-8(9)5-10/h1-6H,7H2,(H2,12,14). The number of hydrogen-bond acceptors (Lipinski definition) is 3. The normalized spacial score (nSPS) is 10.1. The van der Waals surface area contributed by atoms with E-state index in [1.54, 1.807) is 18.5 Å². The number of amides is 1. The molecule has 15 heavy (non-hydrogen) atoms. The second-order valence-electron chi connectivity index (χ2n) is 3.14. The Balaban J connectivity index is 2.26. The van der Waals surface area contributed by atoms with E-state index in [2.05, 4.69) is 4.98 Å². The zero-order valence-corrected chi connectivity index (χ0v) is 8.01. The minimum absolute atomic E-state index is 0.101. The van der Waals surface area contributed by atoms with Crippen LogP contribution in [0.4, 0.5) is 0 Å². The van der Waals surface area contributed by atoms with Crippen LogP contribution >= 0.6 is 0 Å². The predicted octanol–water partition coefficient (Wildman–Crippen LogP) is 1.10. The van der Waals surface area contributed by atoms with Crippen molar-refractivity contribution in [1.29, 1.82) is 0 Å². The Kier molecular flexibility index (Phi) is 2.49. The summed E-state index contributed by atoms with van der Waals surface area (Å²) in [5.74, 6) is 0.150. The zero-order chi connectivity index (χ0) is 10.7. The highest BCUT2D eigenvalue weighted by Gasteiger charge is 1.99. The van der Waals surface area contributed by atoms with Gasteiger partial charge in [-0.2, -0.15) is 0 Å². The van der Waals surface area contributed by atoms with Crippen molar-refractivity contribution < 1.29 is 9.53 Å². The number of nitrogens with two attached hydrogens (primary N) is 1. The molecule has 0 bridgehead atoms. The summed E-state index contributed by atoms with van der Waals surface area (Å²) in [4.78, 5) is 14.5. The SMILES string of the molecule is NC(=O)COc1ccc2cnccc2c1. The third-order valence-corrected chi connectivity index (χ3v) is 1.99. The van der Waals surface area contributed by atoms with Crippen LogP contribution in [0.5, 0.6) is 5.75 Å². The van der Waals surface area contributed by atoms with Crippen LogP contribution in [0.3, 0.4) is 0 Å². The van der Waals surface area contributed by atoms with Gasteiger partial charge in [-0.1, -0.05) is 0 Å². The molecular weight excluding hydrogens is 192 g/mol. The Hall–Kier alpha value is -2.10. The molecule has 76 valence electrons. The van der Waals surface area contributed by atoms with Crippen molar-refractivity contribution in [2.45, 2.75) is 0 Å². The number of benzene rings is 1. The van der Waals surface area contributed by atoms with Crippen LogP contribution in [-0.4, -0.2) is 17.5 Å². The first kappa shape index (κ1) is 9.45. The number of rotatable bonds is 3. The fourth-order valence-corrected chi connectivity index (χ4v) is 1.31. The smallest absolute Gasteiger partial charge is 0.255 e. The molecule has 0 saturated heterocycles. The summed E-state index contributed by atoms with van der Waals surface area (Å²) in [6, 6.07) is 7.40. The average Bonchev–Trinajstić information content (AvgIpc) is 2.26. The first-order valence-electron chi connectivity index (χ1n) is 4.50. The summed E-state index contributed by atoms with van der Waals surface area (Å²) in [6.07, 6.45) is 3.48. The molecule has 0 radical (unpaired) electrons. The number of primary amides is 1. The first-order chi connectivity index (χ1) is 7.25. The van der Waals surface area contributed by atoms with Crippen molar-refractivity contribution in [2.75, 3.05) is 6.61 Å². The lowest BCUT2D eigenvalue weighted by molar-refractivity contribution is -0.119. The first-order valence-corrected chi connectivity index (χ1v) is 4.50. The van der Waals surface area contributed by atoms with Gasteiger partial charge in [-0.25, -0.2) is 0 Å². The summed E-state index contributed by atoms with van der Waals surface area (Å²) in [7, 11) is 0. The van der Waals surface area contributed by atoms with E-state index in [-0.39, 0.29) is 6.61 Å². The fourth-order valence-electron chi connectivity index (χ4n) is 1.31. The van der Waals surface area contributed by atoms with Crippen molar-refractivity contribution in [3.8, 4) is 5.75 Å². The van der Waals surface area contributed by atoms with Gasteiger partial charge in [0.15, 0.2) is 6.61 Å². The van der Waals surface area contributed by atoms with E-state index in [0.717, 1.165) is 10.8 Å². The highest BCUT2D eigenvalue weighted by molar-refractivity contribution is 5.83. The average molecular weight is 202 g/mol. The Morgan fingerprint density at radius 1 is 1.33 bits per heavy atom. The van der Waals surface area contributed by atoms with Crippen molar-refractivity contribution in [3.63, 3.8) is 0 Å². The largest absolute Gasteiger partial charge is 0.484 e. The molecule has 1 aromatic heterocycles. The lowest BCUT2D eigenvalue weighted by Gasteiger charge is -2.04. The third kappa shape index (κ3) is 2.22. The molecule has 2 N–H and O–H groups in total. The number of fused-ring (bicyclic) bond motifs is 1. The molecule has 1 aromatic carbocycles. The summed E-state index contributed by atoms with van der Waals surface area (Å²) in [5.41, 5.74) is 4.98. The molecule has 0 spiro atoms. The van der Waals surface area contributed by atoms with Crippen LogP contribution in [0.1, 0.15) is 0 Å². The topological polar surface area (TPSA) is 65.2 Å². The van der Waals surface area contributed by atoms with Crippen LogP contribution < -0.4 is 10.5 Å². The Morgan fingerprint density at radius 3 is 3.00 bits per heavy atom. The number of carbonyl (C=O) groups is 1. The fraction of sp³-hybridized carbons (Fsp3) is 0.0909. The predicted molar refractivity (Wildman–Crippen MR) is 56.4 cm³/mol. The summed E-state index contributed by atoms with van der Waals surface area (Å²) < 4.78 is 5.18. The highest BCUT2D eigenvalue weighted by Crippen LogP contribution is 2.19. The molecule has 2 aromatic rings. The Morgan fingerprint density at radius 2 is 2.20 bits per heavy atom. The van der Waals surface area contributed by atoms with Gasteiger partial charge in [-0.05, 0) is 29.7 Å². The van der Waals surface area contributed by atoms with Gasteiger partial charge >= 0.3 is 0 Å². The number of hydrogen-bond donors (Lipinski definition) is 1. The lowest BCUT2D eigenvalue weighted by Crippen LogP contribution is -2.19. The van der Waals surface area contributed by atoms with Gasteiger partial charge in [0.2, 0.25) is 0 Å². The van der Waals surface area contributed by atoms with Gasteiger partial charge in [0.1, 0.15) is 5.75 Å². The van der Waals surface area contributed by atoms with E-state index in [9.17, 15) is 4.79 Å². The van der Waals surface area contributed by atoms with E-state index in [0.29, 0.717) is 5.75 Å². The maximum absolute atomic E-state index is 10.5. The molecule has 4 heteroatoms. The Labute approximate surface area is 86.7 Å². The highest BCUT2D eigenvalue weighted by atomic mass is 16.5. The molecule has 0 aliphatic carbocycles. The van der Waals surface area contributed by atoms with Gasteiger partial charge in [-0.3, -0.25) is 9.78 Å². The molecule has 1 heterocycles. The van der Waals surface area contributed by atoms with Crippen molar-refractivity contribution in [3.05, 3.63) is 36.7 Å². The van der Waals surface area contributed by atoms with Gasteiger partial charge in [0.25, 0.3) is 5.91 Å². The number of pyridine rings is 1. The molecular formula is C11H10N2O2. The summed E-state index contributed by atoms with van der Waals surface area (Å²) in [5, 5.41) is 2.05. The summed E-state index contributed by atoms with van der Waals surface area (Å²) >= 11 is 0. The number of aromatic nitrogens is 1. The third-order valence-electron chi connectivity index (χ3n) is 1.99. The molecule has 0 atom stereocenters.